The first-order valence-electron chi connectivity index (χ1n) is 6.33. The molecule has 0 heterocycles. The Kier molecular flexibility index (Phi) is 1.97. The average molecular weight is 238 g/mol. The van der Waals surface area contributed by atoms with E-state index in [0.717, 1.165) is 0 Å². The van der Waals surface area contributed by atoms with Gasteiger partial charge in [0.25, 0.3) is 0 Å². The molecule has 2 aromatic carbocycles. The fourth-order valence-corrected chi connectivity index (χ4v) is 3.62. The average Bonchev–Trinajstić information content (AvgIpc) is 2.42. The first-order valence-corrected chi connectivity index (χ1v) is 6.33. The monoisotopic (exact) mass is 238 g/mol. The molecular weight excluding hydrogens is 224 g/mol. The Morgan fingerprint density at radius 3 is 1.11 bits per heavy atom. The summed E-state index contributed by atoms with van der Waals surface area (Å²) in [5.74, 6) is -0.171. The summed E-state index contributed by atoms with van der Waals surface area (Å²) in [7, 11) is 0. The Labute approximate surface area is 106 Å². The van der Waals surface area contributed by atoms with Crippen molar-refractivity contribution >= 4 is 0 Å². The number of benzene rings is 2. The van der Waals surface area contributed by atoms with Gasteiger partial charge in [-0.05, 0) is 22.3 Å². The maximum Gasteiger partial charge on any atom is 0.0917 e. The van der Waals surface area contributed by atoms with E-state index in [4.69, 9.17) is 0 Å². The third-order valence-corrected chi connectivity index (χ3v) is 4.37. The number of hydrogen-bond acceptors (Lipinski definition) is 2. The summed E-state index contributed by atoms with van der Waals surface area (Å²) in [6.45, 7) is 0. The van der Waals surface area contributed by atoms with E-state index < -0.39 is 12.2 Å². The molecule has 18 heavy (non-hydrogen) atoms. The molecular formula is C16H14O2. The van der Waals surface area contributed by atoms with Crippen molar-refractivity contribution in [3.05, 3.63) is 70.8 Å². The van der Waals surface area contributed by atoms with Gasteiger partial charge in [0.2, 0.25) is 0 Å². The second-order valence-corrected chi connectivity index (χ2v) is 5.19. The van der Waals surface area contributed by atoms with E-state index in [2.05, 4.69) is 24.3 Å². The van der Waals surface area contributed by atoms with Crippen LogP contribution in [0, 0.1) is 0 Å². The highest BCUT2D eigenvalue weighted by molar-refractivity contribution is 5.57. The summed E-state index contributed by atoms with van der Waals surface area (Å²) in [5.41, 5.74) is 4.66. The van der Waals surface area contributed by atoms with Gasteiger partial charge in [0, 0.05) is 11.8 Å². The Bertz CT molecular complexity index is 518. The van der Waals surface area contributed by atoms with Gasteiger partial charge >= 0.3 is 0 Å². The van der Waals surface area contributed by atoms with Crippen LogP contribution in [-0.4, -0.2) is 22.4 Å². The first kappa shape index (κ1) is 10.3. The molecule has 0 spiro atoms. The van der Waals surface area contributed by atoms with Crippen LogP contribution in [0.3, 0.4) is 0 Å². The SMILES string of the molecule is O[C@H]1C2c3ccccc3C(c3ccccc32)[C@@H]1O. The lowest BCUT2D eigenvalue weighted by Gasteiger charge is -2.46. The van der Waals surface area contributed by atoms with Crippen molar-refractivity contribution in [2.24, 2.45) is 0 Å². The van der Waals surface area contributed by atoms with Gasteiger partial charge in [0.1, 0.15) is 0 Å². The van der Waals surface area contributed by atoms with Crippen molar-refractivity contribution in [1.82, 2.24) is 0 Å². The zero-order chi connectivity index (χ0) is 12.3. The van der Waals surface area contributed by atoms with Crippen LogP contribution >= 0.6 is 0 Å². The normalized spacial score (nSPS) is 31.9. The van der Waals surface area contributed by atoms with Gasteiger partial charge in [0.15, 0.2) is 0 Å². The van der Waals surface area contributed by atoms with Crippen LogP contribution in [0.25, 0.3) is 0 Å². The van der Waals surface area contributed by atoms with Crippen LogP contribution in [0.5, 0.6) is 0 Å². The summed E-state index contributed by atoms with van der Waals surface area (Å²) in [5, 5.41) is 20.6. The standard InChI is InChI=1S/C16H14O2/c17-15-13-9-5-1-2-6-10(9)14(16(15)18)12-8-4-3-7-11(12)13/h1-8,13-18H/t13?,14?,15-,16-/m0/s1. The third-order valence-electron chi connectivity index (χ3n) is 4.37. The zero-order valence-corrected chi connectivity index (χ0v) is 9.82. The molecule has 2 nitrogen and oxygen atoms in total. The minimum Gasteiger partial charge on any atom is -0.389 e. The van der Waals surface area contributed by atoms with Crippen molar-refractivity contribution in [2.75, 3.05) is 0 Å². The lowest BCUT2D eigenvalue weighted by atomic mass is 9.61. The number of aliphatic hydroxyl groups is 2. The minimum atomic E-state index is -0.695. The first-order chi connectivity index (χ1) is 8.79. The maximum absolute atomic E-state index is 10.3. The quantitative estimate of drug-likeness (QED) is 0.737. The van der Waals surface area contributed by atoms with Gasteiger partial charge in [0.05, 0.1) is 12.2 Å². The van der Waals surface area contributed by atoms with Crippen molar-refractivity contribution in [3.63, 3.8) is 0 Å². The van der Waals surface area contributed by atoms with Crippen LogP contribution in [0.2, 0.25) is 0 Å². The summed E-state index contributed by atoms with van der Waals surface area (Å²) in [6, 6.07) is 16.3. The summed E-state index contributed by atoms with van der Waals surface area (Å²) in [6.07, 6.45) is -1.39. The van der Waals surface area contributed by atoms with E-state index in [-0.39, 0.29) is 11.8 Å². The molecule has 0 saturated carbocycles. The fourth-order valence-electron chi connectivity index (χ4n) is 3.62. The molecule has 0 amide bonds. The molecule has 0 saturated heterocycles. The molecule has 0 aromatic heterocycles. The van der Waals surface area contributed by atoms with Crippen LogP contribution in [-0.2, 0) is 0 Å². The highest BCUT2D eigenvalue weighted by atomic mass is 16.3. The molecule has 2 aromatic rings. The lowest BCUT2D eigenvalue weighted by molar-refractivity contribution is -0.0154. The number of hydrogen-bond donors (Lipinski definition) is 2. The van der Waals surface area contributed by atoms with Gasteiger partial charge in [-0.3, -0.25) is 0 Å². The molecule has 2 N–H and O–H groups in total. The predicted octanol–water partition coefficient (Wildman–Crippen LogP) is 2.00. The molecule has 3 aliphatic carbocycles. The molecule has 2 atom stereocenters. The molecule has 0 unspecified atom stereocenters. The molecule has 5 rings (SSSR count). The van der Waals surface area contributed by atoms with Crippen molar-refractivity contribution in [3.8, 4) is 0 Å². The van der Waals surface area contributed by atoms with E-state index in [9.17, 15) is 10.2 Å². The smallest absolute Gasteiger partial charge is 0.0917 e. The van der Waals surface area contributed by atoms with Gasteiger partial charge in [-0.25, -0.2) is 0 Å². The van der Waals surface area contributed by atoms with E-state index >= 15 is 0 Å². The summed E-state index contributed by atoms with van der Waals surface area (Å²) < 4.78 is 0. The second-order valence-electron chi connectivity index (χ2n) is 5.19. The number of aliphatic hydroxyl groups excluding tert-OH is 2. The number of fused-ring (bicyclic) bond motifs is 1. The molecule has 2 heteroatoms. The van der Waals surface area contributed by atoms with Crippen molar-refractivity contribution in [2.45, 2.75) is 24.0 Å². The molecule has 3 aliphatic rings. The Morgan fingerprint density at radius 2 is 0.833 bits per heavy atom. The largest absolute Gasteiger partial charge is 0.389 e. The van der Waals surface area contributed by atoms with E-state index in [1.165, 1.54) is 22.3 Å². The van der Waals surface area contributed by atoms with Crippen molar-refractivity contribution < 1.29 is 10.2 Å². The van der Waals surface area contributed by atoms with Crippen LogP contribution in [0.1, 0.15) is 34.1 Å². The predicted molar refractivity (Wildman–Crippen MR) is 68.6 cm³/mol. The van der Waals surface area contributed by atoms with Crippen molar-refractivity contribution in [1.29, 1.82) is 0 Å². The third kappa shape index (κ3) is 1.10. The highest BCUT2D eigenvalue weighted by Crippen LogP contribution is 2.52. The highest BCUT2D eigenvalue weighted by Gasteiger charge is 2.48. The van der Waals surface area contributed by atoms with Crippen LogP contribution < -0.4 is 0 Å². The summed E-state index contributed by atoms with van der Waals surface area (Å²) >= 11 is 0. The Balaban J connectivity index is 2.06. The van der Waals surface area contributed by atoms with Crippen LogP contribution in [0.15, 0.2) is 48.5 Å². The summed E-state index contributed by atoms with van der Waals surface area (Å²) in [4.78, 5) is 0. The minimum absolute atomic E-state index is 0.0857. The van der Waals surface area contributed by atoms with E-state index in [1.807, 2.05) is 24.3 Å². The van der Waals surface area contributed by atoms with Gasteiger partial charge in [-0.2, -0.15) is 0 Å². The van der Waals surface area contributed by atoms with E-state index in [1.54, 1.807) is 0 Å². The molecule has 90 valence electrons. The van der Waals surface area contributed by atoms with Gasteiger partial charge in [-0.15, -0.1) is 0 Å². The second kappa shape index (κ2) is 3.44. The van der Waals surface area contributed by atoms with Gasteiger partial charge in [-0.1, -0.05) is 48.5 Å². The van der Waals surface area contributed by atoms with E-state index in [0.29, 0.717) is 0 Å². The molecule has 2 bridgehead atoms. The fraction of sp³-hybridized carbons (Fsp3) is 0.250. The topological polar surface area (TPSA) is 40.5 Å². The van der Waals surface area contributed by atoms with Gasteiger partial charge < -0.3 is 10.2 Å². The zero-order valence-electron chi connectivity index (χ0n) is 9.82. The lowest BCUT2D eigenvalue weighted by Crippen LogP contribution is -2.47. The molecule has 0 radical (unpaired) electrons. The Hall–Kier alpha value is -1.64. The number of rotatable bonds is 0. The van der Waals surface area contributed by atoms with Crippen LogP contribution in [0.4, 0.5) is 0 Å². The molecule has 0 aliphatic heterocycles. The Morgan fingerprint density at radius 1 is 0.556 bits per heavy atom. The molecule has 0 fully saturated rings. The maximum atomic E-state index is 10.3.